The summed E-state index contributed by atoms with van der Waals surface area (Å²) in [4.78, 5) is 4.20. The minimum absolute atomic E-state index is 0.899. The van der Waals surface area contributed by atoms with E-state index in [0.29, 0.717) is 0 Å². The summed E-state index contributed by atoms with van der Waals surface area (Å²) in [7, 11) is 2.12. The zero-order valence-electron chi connectivity index (χ0n) is 9.97. The van der Waals surface area contributed by atoms with Gasteiger partial charge in [-0.2, -0.15) is 0 Å². The van der Waals surface area contributed by atoms with E-state index in [4.69, 9.17) is 4.42 Å². The predicted molar refractivity (Wildman–Crippen MR) is 77.2 cm³/mol. The Morgan fingerprint density at radius 2 is 1.78 bits per heavy atom. The summed E-state index contributed by atoms with van der Waals surface area (Å²) >= 11 is 0. The standard InChI is InChI=1S/C15H10BNO/c16-12-7-14-15(10-4-2-1-3-9(10)12)11-8-17-6-5-13(11)18-14/h1-8H,16H2. The predicted octanol–water partition coefficient (Wildman–Crippen LogP) is 2.39. The number of hydrogen-bond acceptors (Lipinski definition) is 2. The molecule has 0 radical (unpaired) electrons. The normalized spacial score (nSPS) is 11.6. The Morgan fingerprint density at radius 1 is 0.944 bits per heavy atom. The van der Waals surface area contributed by atoms with Crippen LogP contribution in [0.15, 0.2) is 53.2 Å². The van der Waals surface area contributed by atoms with Gasteiger partial charge in [0.25, 0.3) is 0 Å². The molecule has 0 bridgehead atoms. The Bertz CT molecular complexity index is 895. The van der Waals surface area contributed by atoms with E-state index in [1.807, 2.05) is 12.3 Å². The van der Waals surface area contributed by atoms with Crippen LogP contribution in [0, 0.1) is 0 Å². The third-order valence-corrected chi connectivity index (χ3v) is 3.49. The van der Waals surface area contributed by atoms with E-state index in [-0.39, 0.29) is 0 Å². The van der Waals surface area contributed by atoms with E-state index in [9.17, 15) is 0 Å². The van der Waals surface area contributed by atoms with E-state index in [2.05, 4.69) is 43.2 Å². The maximum absolute atomic E-state index is 5.90. The fraction of sp³-hybridized carbons (Fsp3) is 0. The van der Waals surface area contributed by atoms with E-state index in [0.717, 1.165) is 16.6 Å². The number of fused-ring (bicyclic) bond motifs is 5. The van der Waals surface area contributed by atoms with Gasteiger partial charge in [0.2, 0.25) is 0 Å². The summed E-state index contributed by atoms with van der Waals surface area (Å²) in [5.74, 6) is 0. The number of pyridine rings is 1. The van der Waals surface area contributed by atoms with Gasteiger partial charge in [0.15, 0.2) is 0 Å². The first kappa shape index (κ1) is 9.72. The lowest BCUT2D eigenvalue weighted by Crippen LogP contribution is -2.02. The average molecular weight is 231 g/mol. The molecule has 0 saturated carbocycles. The highest BCUT2D eigenvalue weighted by Crippen LogP contribution is 2.32. The van der Waals surface area contributed by atoms with Gasteiger partial charge in [-0.3, -0.25) is 4.98 Å². The van der Waals surface area contributed by atoms with Crippen LogP contribution < -0.4 is 5.46 Å². The summed E-state index contributed by atoms with van der Waals surface area (Å²) in [5, 5.41) is 4.76. The SMILES string of the molecule is Bc1cc2oc3ccncc3c2c2ccccc12. The van der Waals surface area contributed by atoms with Crippen LogP contribution in [0.4, 0.5) is 0 Å². The monoisotopic (exact) mass is 231 g/mol. The first-order valence-electron chi connectivity index (χ1n) is 5.99. The van der Waals surface area contributed by atoms with Crippen LogP contribution in [0.25, 0.3) is 32.7 Å². The van der Waals surface area contributed by atoms with Gasteiger partial charge in [0.05, 0.1) is 0 Å². The third kappa shape index (κ3) is 1.16. The molecule has 0 aliphatic carbocycles. The number of furan rings is 1. The fourth-order valence-electron chi connectivity index (χ4n) is 2.66. The number of benzene rings is 2. The maximum Gasteiger partial charge on any atom is 0.140 e. The lowest BCUT2D eigenvalue weighted by molar-refractivity contribution is 0.669. The minimum atomic E-state index is 0.899. The molecule has 2 aromatic heterocycles. The van der Waals surface area contributed by atoms with Gasteiger partial charge in [-0.1, -0.05) is 29.7 Å². The van der Waals surface area contributed by atoms with E-state index in [1.165, 1.54) is 21.6 Å². The Kier molecular flexibility index (Phi) is 1.81. The highest BCUT2D eigenvalue weighted by Gasteiger charge is 2.11. The van der Waals surface area contributed by atoms with Crippen molar-refractivity contribution in [1.82, 2.24) is 4.98 Å². The molecule has 0 amide bonds. The van der Waals surface area contributed by atoms with Crippen molar-refractivity contribution in [3.8, 4) is 0 Å². The number of rotatable bonds is 0. The van der Waals surface area contributed by atoms with Crippen LogP contribution in [0.1, 0.15) is 0 Å². The number of aromatic nitrogens is 1. The van der Waals surface area contributed by atoms with Crippen molar-refractivity contribution < 1.29 is 4.42 Å². The van der Waals surface area contributed by atoms with E-state index >= 15 is 0 Å². The van der Waals surface area contributed by atoms with Crippen molar-refractivity contribution in [1.29, 1.82) is 0 Å². The summed E-state index contributed by atoms with van der Waals surface area (Å²) < 4.78 is 5.90. The Labute approximate surface area is 105 Å². The summed E-state index contributed by atoms with van der Waals surface area (Å²) in [6, 6.07) is 12.5. The van der Waals surface area contributed by atoms with E-state index in [1.54, 1.807) is 6.20 Å². The zero-order valence-corrected chi connectivity index (χ0v) is 9.97. The molecule has 2 nitrogen and oxygen atoms in total. The number of nitrogens with zero attached hydrogens (tertiary/aromatic N) is 1. The van der Waals surface area contributed by atoms with Crippen molar-refractivity contribution >= 4 is 46.0 Å². The van der Waals surface area contributed by atoms with Crippen molar-refractivity contribution in [3.05, 3.63) is 48.8 Å². The quantitative estimate of drug-likeness (QED) is 0.434. The smallest absolute Gasteiger partial charge is 0.140 e. The van der Waals surface area contributed by atoms with Crippen molar-refractivity contribution in [2.75, 3.05) is 0 Å². The van der Waals surface area contributed by atoms with Crippen molar-refractivity contribution in [3.63, 3.8) is 0 Å². The van der Waals surface area contributed by atoms with Crippen LogP contribution in [0.2, 0.25) is 0 Å². The second-order valence-corrected chi connectivity index (χ2v) is 4.59. The molecule has 0 aliphatic heterocycles. The summed E-state index contributed by atoms with van der Waals surface area (Å²) in [5.41, 5.74) is 3.08. The molecule has 0 aliphatic rings. The Hall–Kier alpha value is -2.29. The van der Waals surface area contributed by atoms with Gasteiger partial charge in [-0.05, 0) is 22.9 Å². The van der Waals surface area contributed by atoms with Gasteiger partial charge in [-0.15, -0.1) is 0 Å². The molecule has 0 unspecified atom stereocenters. The molecular weight excluding hydrogens is 221 g/mol. The second-order valence-electron chi connectivity index (χ2n) is 4.59. The summed E-state index contributed by atoms with van der Waals surface area (Å²) in [6.45, 7) is 0. The highest BCUT2D eigenvalue weighted by molar-refractivity contribution is 6.41. The zero-order chi connectivity index (χ0) is 12.1. The Balaban J connectivity index is 2.39. The molecule has 2 aromatic carbocycles. The molecule has 0 fully saturated rings. The van der Waals surface area contributed by atoms with Gasteiger partial charge in [0.1, 0.15) is 19.0 Å². The van der Waals surface area contributed by atoms with Crippen LogP contribution in [-0.4, -0.2) is 12.8 Å². The van der Waals surface area contributed by atoms with Gasteiger partial charge < -0.3 is 4.42 Å². The van der Waals surface area contributed by atoms with Crippen LogP contribution in [0.3, 0.4) is 0 Å². The molecular formula is C15H10BNO. The largest absolute Gasteiger partial charge is 0.456 e. The first-order chi connectivity index (χ1) is 8.84. The second kappa shape index (κ2) is 3.36. The maximum atomic E-state index is 5.90. The third-order valence-electron chi connectivity index (χ3n) is 3.49. The highest BCUT2D eigenvalue weighted by atomic mass is 16.3. The molecule has 0 saturated heterocycles. The minimum Gasteiger partial charge on any atom is -0.456 e. The molecule has 4 rings (SSSR count). The molecule has 84 valence electrons. The van der Waals surface area contributed by atoms with Crippen molar-refractivity contribution in [2.24, 2.45) is 0 Å². The van der Waals surface area contributed by atoms with Gasteiger partial charge >= 0.3 is 0 Å². The summed E-state index contributed by atoms with van der Waals surface area (Å²) in [6.07, 6.45) is 3.64. The van der Waals surface area contributed by atoms with Crippen molar-refractivity contribution in [2.45, 2.75) is 0 Å². The lowest BCUT2D eigenvalue weighted by atomic mass is 9.88. The molecule has 0 N–H and O–H groups in total. The fourth-order valence-corrected chi connectivity index (χ4v) is 2.66. The lowest BCUT2D eigenvalue weighted by Gasteiger charge is -2.03. The first-order valence-corrected chi connectivity index (χ1v) is 5.99. The van der Waals surface area contributed by atoms with Gasteiger partial charge in [0, 0.05) is 23.2 Å². The van der Waals surface area contributed by atoms with Crippen LogP contribution in [0.5, 0.6) is 0 Å². The molecule has 4 aromatic rings. The topological polar surface area (TPSA) is 26.0 Å². The molecule has 2 heterocycles. The molecule has 3 heteroatoms. The van der Waals surface area contributed by atoms with E-state index < -0.39 is 0 Å². The molecule has 18 heavy (non-hydrogen) atoms. The van der Waals surface area contributed by atoms with Crippen LogP contribution >= 0.6 is 0 Å². The molecule has 0 spiro atoms. The number of hydrogen-bond donors (Lipinski definition) is 0. The average Bonchev–Trinajstić information content (AvgIpc) is 2.77. The van der Waals surface area contributed by atoms with Crippen LogP contribution in [-0.2, 0) is 0 Å². The molecule has 0 atom stereocenters. The Morgan fingerprint density at radius 3 is 2.67 bits per heavy atom. The van der Waals surface area contributed by atoms with Gasteiger partial charge in [-0.25, -0.2) is 0 Å².